The highest BCUT2D eigenvalue weighted by Crippen LogP contribution is 2.34. The van der Waals surface area contributed by atoms with Crippen LogP contribution in [0.3, 0.4) is 0 Å². The Bertz CT molecular complexity index is 344. The lowest BCUT2D eigenvalue weighted by Gasteiger charge is -2.28. The van der Waals surface area contributed by atoms with E-state index in [0.29, 0.717) is 0 Å². The lowest BCUT2D eigenvalue weighted by molar-refractivity contribution is 0.251. The van der Waals surface area contributed by atoms with Crippen molar-refractivity contribution in [2.75, 3.05) is 0 Å². The first-order chi connectivity index (χ1) is 9.38. The Morgan fingerprint density at radius 3 is 2.21 bits per heavy atom. The minimum atomic E-state index is 0.982. The van der Waals surface area contributed by atoms with Crippen molar-refractivity contribution in [2.24, 2.45) is 11.8 Å². The van der Waals surface area contributed by atoms with Gasteiger partial charge in [-0.15, -0.1) is 6.58 Å². The van der Waals surface area contributed by atoms with Crippen molar-refractivity contribution in [3.05, 3.63) is 48.6 Å². The Morgan fingerprint density at radius 1 is 0.947 bits per heavy atom. The van der Waals surface area contributed by atoms with Crippen LogP contribution in [0.25, 0.3) is 0 Å². The summed E-state index contributed by atoms with van der Waals surface area (Å²) in [7, 11) is 0. The average Bonchev–Trinajstić information content (AvgIpc) is 2.48. The van der Waals surface area contributed by atoms with Crippen LogP contribution in [0.2, 0.25) is 0 Å². The van der Waals surface area contributed by atoms with Gasteiger partial charge in [-0.1, -0.05) is 68.5 Å². The van der Waals surface area contributed by atoms with Crippen molar-refractivity contribution in [1.82, 2.24) is 0 Å². The number of allylic oxidation sites excluding steroid dienone is 1. The van der Waals surface area contributed by atoms with Crippen LogP contribution < -0.4 is 0 Å². The van der Waals surface area contributed by atoms with Crippen LogP contribution in [0.5, 0.6) is 0 Å². The zero-order valence-corrected chi connectivity index (χ0v) is 12.2. The molecular formula is C19H28. The summed E-state index contributed by atoms with van der Waals surface area (Å²) in [5, 5.41) is 0. The molecule has 2 rings (SSSR count). The molecule has 0 bridgehead atoms. The zero-order valence-electron chi connectivity index (χ0n) is 12.2. The molecule has 0 nitrogen and oxygen atoms in total. The van der Waals surface area contributed by atoms with E-state index in [2.05, 4.69) is 43.0 Å². The molecule has 1 aromatic carbocycles. The van der Waals surface area contributed by atoms with Crippen LogP contribution in [-0.2, 0) is 6.42 Å². The van der Waals surface area contributed by atoms with E-state index in [4.69, 9.17) is 0 Å². The van der Waals surface area contributed by atoms with Gasteiger partial charge in [-0.2, -0.15) is 0 Å². The molecule has 0 unspecified atom stereocenters. The highest BCUT2D eigenvalue weighted by Gasteiger charge is 2.20. The van der Waals surface area contributed by atoms with E-state index < -0.39 is 0 Å². The van der Waals surface area contributed by atoms with Crippen LogP contribution in [0.4, 0.5) is 0 Å². The summed E-state index contributed by atoms with van der Waals surface area (Å²) < 4.78 is 0. The smallest absolute Gasteiger partial charge is 0.0276 e. The molecule has 0 saturated heterocycles. The second-order valence-corrected chi connectivity index (χ2v) is 6.13. The van der Waals surface area contributed by atoms with Crippen molar-refractivity contribution in [3.8, 4) is 0 Å². The predicted octanol–water partition coefficient (Wildman–Crippen LogP) is 5.78. The Morgan fingerprint density at radius 2 is 1.58 bits per heavy atom. The monoisotopic (exact) mass is 256 g/mol. The first-order valence-corrected chi connectivity index (χ1v) is 8.03. The van der Waals surface area contributed by atoms with Gasteiger partial charge >= 0.3 is 0 Å². The van der Waals surface area contributed by atoms with E-state index in [9.17, 15) is 0 Å². The molecule has 1 aromatic rings. The Kier molecular flexibility index (Phi) is 6.20. The highest BCUT2D eigenvalue weighted by atomic mass is 14.3. The maximum absolute atomic E-state index is 3.81. The van der Waals surface area contributed by atoms with E-state index in [0.717, 1.165) is 11.8 Å². The number of hydrogen-bond acceptors (Lipinski definition) is 0. The fourth-order valence-corrected chi connectivity index (χ4v) is 3.38. The molecular weight excluding hydrogens is 228 g/mol. The van der Waals surface area contributed by atoms with E-state index in [-0.39, 0.29) is 0 Å². The normalized spacial score (nSPS) is 23.2. The lowest BCUT2D eigenvalue weighted by Crippen LogP contribution is -2.15. The summed E-state index contributed by atoms with van der Waals surface area (Å²) in [6, 6.07) is 11.0. The van der Waals surface area contributed by atoms with Crippen molar-refractivity contribution in [2.45, 2.75) is 57.8 Å². The fourth-order valence-electron chi connectivity index (χ4n) is 3.38. The van der Waals surface area contributed by atoms with E-state index >= 15 is 0 Å². The van der Waals surface area contributed by atoms with Crippen LogP contribution in [0, 0.1) is 11.8 Å². The van der Waals surface area contributed by atoms with Crippen molar-refractivity contribution < 1.29 is 0 Å². The molecule has 0 heteroatoms. The Hall–Kier alpha value is -1.04. The van der Waals surface area contributed by atoms with Crippen LogP contribution in [0.15, 0.2) is 43.0 Å². The van der Waals surface area contributed by atoms with Crippen LogP contribution >= 0.6 is 0 Å². The number of rotatable bonds is 7. The molecule has 0 atom stereocenters. The molecule has 104 valence electrons. The SMILES string of the molecule is C=CCCCC1CCC(CCc2ccccc2)CC1. The van der Waals surface area contributed by atoms with Gasteiger partial charge in [0.15, 0.2) is 0 Å². The molecule has 0 aliphatic heterocycles. The van der Waals surface area contributed by atoms with Crippen LogP contribution in [0.1, 0.15) is 56.9 Å². The second-order valence-electron chi connectivity index (χ2n) is 6.13. The van der Waals surface area contributed by atoms with E-state index in [1.165, 1.54) is 63.4 Å². The maximum atomic E-state index is 3.81. The molecule has 1 saturated carbocycles. The second kappa shape index (κ2) is 8.19. The molecule has 0 radical (unpaired) electrons. The summed E-state index contributed by atoms with van der Waals surface area (Å²) in [4.78, 5) is 0. The summed E-state index contributed by atoms with van der Waals surface area (Å²) in [6.07, 6.45) is 14.6. The third-order valence-corrected chi connectivity index (χ3v) is 4.67. The number of aryl methyl sites for hydroxylation is 1. The maximum Gasteiger partial charge on any atom is -0.0276 e. The van der Waals surface area contributed by atoms with E-state index in [1.807, 2.05) is 0 Å². The first kappa shape index (κ1) is 14.4. The largest absolute Gasteiger partial charge is 0.103 e. The lowest BCUT2D eigenvalue weighted by atomic mass is 9.78. The molecule has 0 N–H and O–H groups in total. The number of hydrogen-bond donors (Lipinski definition) is 0. The molecule has 0 amide bonds. The Balaban J connectivity index is 1.62. The van der Waals surface area contributed by atoms with Gasteiger partial charge in [0, 0.05) is 0 Å². The van der Waals surface area contributed by atoms with Crippen molar-refractivity contribution in [1.29, 1.82) is 0 Å². The van der Waals surface area contributed by atoms with Gasteiger partial charge < -0.3 is 0 Å². The quantitative estimate of drug-likeness (QED) is 0.428. The summed E-state index contributed by atoms with van der Waals surface area (Å²) in [6.45, 7) is 3.81. The topological polar surface area (TPSA) is 0 Å². The third kappa shape index (κ3) is 5.22. The molecule has 19 heavy (non-hydrogen) atoms. The molecule has 0 aromatic heterocycles. The fraction of sp³-hybridized carbons (Fsp3) is 0.579. The average molecular weight is 256 g/mol. The molecule has 1 fully saturated rings. The van der Waals surface area contributed by atoms with Crippen molar-refractivity contribution >= 4 is 0 Å². The minimum Gasteiger partial charge on any atom is -0.103 e. The first-order valence-electron chi connectivity index (χ1n) is 8.03. The Labute approximate surface area is 118 Å². The van der Waals surface area contributed by atoms with Crippen molar-refractivity contribution in [3.63, 3.8) is 0 Å². The van der Waals surface area contributed by atoms with Gasteiger partial charge in [-0.3, -0.25) is 0 Å². The molecule has 0 spiro atoms. The minimum absolute atomic E-state index is 0.982. The van der Waals surface area contributed by atoms with Gasteiger partial charge in [0.1, 0.15) is 0 Å². The predicted molar refractivity (Wildman–Crippen MR) is 84.3 cm³/mol. The summed E-state index contributed by atoms with van der Waals surface area (Å²) in [5.41, 5.74) is 1.51. The number of benzene rings is 1. The number of unbranched alkanes of at least 4 members (excludes halogenated alkanes) is 1. The zero-order chi connectivity index (χ0) is 13.3. The van der Waals surface area contributed by atoms with Gasteiger partial charge in [-0.05, 0) is 43.1 Å². The highest BCUT2D eigenvalue weighted by molar-refractivity contribution is 5.14. The molecule has 0 heterocycles. The third-order valence-electron chi connectivity index (χ3n) is 4.67. The van der Waals surface area contributed by atoms with Gasteiger partial charge in [0.05, 0.1) is 0 Å². The van der Waals surface area contributed by atoms with Gasteiger partial charge in [-0.25, -0.2) is 0 Å². The molecule has 1 aliphatic carbocycles. The van der Waals surface area contributed by atoms with Gasteiger partial charge in [0.25, 0.3) is 0 Å². The summed E-state index contributed by atoms with van der Waals surface area (Å²) >= 11 is 0. The van der Waals surface area contributed by atoms with E-state index in [1.54, 1.807) is 0 Å². The standard InChI is InChI=1S/C19H28/c1-2-3-5-8-18-12-15-19(16-13-18)14-11-17-9-6-4-7-10-17/h2,4,6-7,9-10,18-19H,1,3,5,8,11-16H2. The molecule has 1 aliphatic rings. The van der Waals surface area contributed by atoms with Gasteiger partial charge in [0.2, 0.25) is 0 Å². The van der Waals surface area contributed by atoms with Crippen LogP contribution in [-0.4, -0.2) is 0 Å². The summed E-state index contributed by atoms with van der Waals surface area (Å²) in [5.74, 6) is 1.99.